The Kier molecular flexibility index (Phi) is 5.42. The van der Waals surface area contributed by atoms with Gasteiger partial charge in [-0.05, 0) is 23.6 Å². The Morgan fingerprint density at radius 3 is 2.45 bits per heavy atom. The Morgan fingerprint density at radius 1 is 1.09 bits per heavy atom. The van der Waals surface area contributed by atoms with Gasteiger partial charge in [-0.1, -0.05) is 37.3 Å². The van der Waals surface area contributed by atoms with Gasteiger partial charge < -0.3 is 14.8 Å². The zero-order valence-corrected chi connectivity index (χ0v) is 13.1. The molecule has 1 atom stereocenters. The average Bonchev–Trinajstić information content (AvgIpc) is 2.55. The summed E-state index contributed by atoms with van der Waals surface area (Å²) in [5.41, 5.74) is 1.80. The maximum Gasteiger partial charge on any atom is 0.225 e. The summed E-state index contributed by atoms with van der Waals surface area (Å²) in [5.74, 6) is 1.39. The van der Waals surface area contributed by atoms with Gasteiger partial charge in [0.15, 0.2) is 0 Å². The third-order valence-corrected chi connectivity index (χ3v) is 3.54. The number of anilines is 1. The van der Waals surface area contributed by atoms with Crippen LogP contribution in [-0.2, 0) is 4.79 Å². The first kappa shape index (κ1) is 15.9. The molecular formula is C18H21NO3. The van der Waals surface area contributed by atoms with Crippen LogP contribution in [0.4, 0.5) is 5.69 Å². The number of ether oxygens (including phenoxy) is 2. The lowest BCUT2D eigenvalue weighted by Gasteiger charge is -2.14. The van der Waals surface area contributed by atoms with Crippen LogP contribution in [0.25, 0.3) is 0 Å². The van der Waals surface area contributed by atoms with Gasteiger partial charge in [-0.25, -0.2) is 0 Å². The van der Waals surface area contributed by atoms with Crippen LogP contribution in [0.1, 0.15) is 24.8 Å². The van der Waals surface area contributed by atoms with Crippen molar-refractivity contribution >= 4 is 11.6 Å². The SMILES string of the molecule is COc1ccc(NC(=O)C[C@H](C)c2ccccc2)c(OC)c1. The molecule has 0 bridgehead atoms. The number of carbonyl (C=O) groups excluding carboxylic acids is 1. The van der Waals surface area contributed by atoms with Crippen molar-refractivity contribution in [3.05, 3.63) is 54.1 Å². The fourth-order valence-corrected chi connectivity index (χ4v) is 2.28. The lowest BCUT2D eigenvalue weighted by atomic mass is 9.97. The van der Waals surface area contributed by atoms with Gasteiger partial charge >= 0.3 is 0 Å². The van der Waals surface area contributed by atoms with E-state index in [1.807, 2.05) is 37.3 Å². The summed E-state index contributed by atoms with van der Waals surface area (Å²) < 4.78 is 10.4. The Labute approximate surface area is 131 Å². The highest BCUT2D eigenvalue weighted by Gasteiger charge is 2.13. The van der Waals surface area contributed by atoms with E-state index in [2.05, 4.69) is 5.32 Å². The number of carbonyl (C=O) groups is 1. The maximum atomic E-state index is 12.2. The first-order valence-corrected chi connectivity index (χ1v) is 7.21. The largest absolute Gasteiger partial charge is 0.497 e. The molecule has 2 rings (SSSR count). The second-order valence-electron chi connectivity index (χ2n) is 5.13. The van der Waals surface area contributed by atoms with Crippen molar-refractivity contribution in [3.63, 3.8) is 0 Å². The molecule has 0 aromatic heterocycles. The number of benzene rings is 2. The molecule has 0 heterocycles. The molecule has 0 fully saturated rings. The lowest BCUT2D eigenvalue weighted by molar-refractivity contribution is -0.116. The molecule has 0 radical (unpaired) electrons. The van der Waals surface area contributed by atoms with Gasteiger partial charge in [-0.15, -0.1) is 0 Å². The van der Waals surface area contributed by atoms with Crippen molar-refractivity contribution in [2.24, 2.45) is 0 Å². The standard InChI is InChI=1S/C18H21NO3/c1-13(14-7-5-4-6-8-14)11-18(20)19-16-10-9-15(21-2)12-17(16)22-3/h4-10,12-13H,11H2,1-3H3,(H,19,20)/t13-/m0/s1. The van der Waals surface area contributed by atoms with Gasteiger partial charge in [0.05, 0.1) is 19.9 Å². The highest BCUT2D eigenvalue weighted by atomic mass is 16.5. The van der Waals surface area contributed by atoms with E-state index in [1.165, 1.54) is 0 Å². The van der Waals surface area contributed by atoms with Crippen molar-refractivity contribution in [1.29, 1.82) is 0 Å². The van der Waals surface area contributed by atoms with E-state index < -0.39 is 0 Å². The number of rotatable bonds is 6. The van der Waals surface area contributed by atoms with Gasteiger partial charge in [0.1, 0.15) is 11.5 Å². The van der Waals surface area contributed by atoms with Crippen LogP contribution in [0.3, 0.4) is 0 Å². The minimum Gasteiger partial charge on any atom is -0.497 e. The van der Waals surface area contributed by atoms with Gasteiger partial charge in [0.2, 0.25) is 5.91 Å². The van der Waals surface area contributed by atoms with E-state index in [0.717, 1.165) is 5.56 Å². The maximum absolute atomic E-state index is 12.2. The molecule has 2 aromatic carbocycles. The highest BCUT2D eigenvalue weighted by molar-refractivity contribution is 5.92. The fraction of sp³-hybridized carbons (Fsp3) is 0.278. The van der Waals surface area contributed by atoms with E-state index in [9.17, 15) is 4.79 Å². The molecule has 116 valence electrons. The van der Waals surface area contributed by atoms with Crippen LogP contribution in [0.15, 0.2) is 48.5 Å². The number of amides is 1. The molecule has 0 aliphatic carbocycles. The Hall–Kier alpha value is -2.49. The van der Waals surface area contributed by atoms with E-state index in [1.54, 1.807) is 32.4 Å². The van der Waals surface area contributed by atoms with Crippen LogP contribution in [-0.4, -0.2) is 20.1 Å². The molecular weight excluding hydrogens is 278 g/mol. The van der Waals surface area contributed by atoms with Gasteiger partial charge in [-0.2, -0.15) is 0 Å². The van der Waals surface area contributed by atoms with Crippen molar-refractivity contribution in [2.75, 3.05) is 19.5 Å². The van der Waals surface area contributed by atoms with Crippen molar-refractivity contribution < 1.29 is 14.3 Å². The lowest BCUT2D eigenvalue weighted by Crippen LogP contribution is -2.15. The molecule has 22 heavy (non-hydrogen) atoms. The normalized spacial score (nSPS) is 11.6. The molecule has 0 saturated carbocycles. The summed E-state index contributed by atoms with van der Waals surface area (Å²) >= 11 is 0. The molecule has 0 spiro atoms. The molecule has 4 nitrogen and oxygen atoms in total. The van der Waals surface area contributed by atoms with Crippen LogP contribution in [0, 0.1) is 0 Å². The summed E-state index contributed by atoms with van der Waals surface area (Å²) in [5, 5.41) is 2.89. The van der Waals surface area contributed by atoms with E-state index in [4.69, 9.17) is 9.47 Å². The molecule has 1 N–H and O–H groups in total. The predicted molar refractivity (Wildman–Crippen MR) is 87.6 cm³/mol. The number of nitrogens with one attached hydrogen (secondary N) is 1. The van der Waals surface area contributed by atoms with Crippen LogP contribution in [0.2, 0.25) is 0 Å². The monoisotopic (exact) mass is 299 g/mol. The zero-order valence-electron chi connectivity index (χ0n) is 13.1. The van der Waals surface area contributed by atoms with Crippen LogP contribution < -0.4 is 14.8 Å². The second kappa shape index (κ2) is 7.50. The average molecular weight is 299 g/mol. The van der Waals surface area contributed by atoms with Crippen LogP contribution >= 0.6 is 0 Å². The molecule has 0 saturated heterocycles. The summed E-state index contributed by atoms with van der Waals surface area (Å²) in [6.45, 7) is 2.04. The summed E-state index contributed by atoms with van der Waals surface area (Å²) in [6.07, 6.45) is 0.416. The number of hydrogen-bond donors (Lipinski definition) is 1. The third kappa shape index (κ3) is 4.01. The minimum absolute atomic E-state index is 0.0418. The topological polar surface area (TPSA) is 47.6 Å². The second-order valence-corrected chi connectivity index (χ2v) is 5.13. The van der Waals surface area contributed by atoms with Crippen molar-refractivity contribution in [1.82, 2.24) is 0 Å². The summed E-state index contributed by atoms with van der Waals surface area (Å²) in [6, 6.07) is 15.3. The highest BCUT2D eigenvalue weighted by Crippen LogP contribution is 2.29. The van der Waals surface area contributed by atoms with Gasteiger partial charge in [0.25, 0.3) is 0 Å². The quantitative estimate of drug-likeness (QED) is 0.881. The molecule has 1 amide bonds. The molecule has 0 aliphatic rings. The van der Waals surface area contributed by atoms with Gasteiger partial charge in [0, 0.05) is 12.5 Å². The van der Waals surface area contributed by atoms with Crippen molar-refractivity contribution in [3.8, 4) is 11.5 Å². The summed E-state index contributed by atoms with van der Waals surface area (Å²) in [4.78, 5) is 12.2. The zero-order chi connectivity index (χ0) is 15.9. The fourth-order valence-electron chi connectivity index (χ4n) is 2.28. The Bertz CT molecular complexity index is 625. The van der Waals surface area contributed by atoms with E-state index in [0.29, 0.717) is 23.6 Å². The summed E-state index contributed by atoms with van der Waals surface area (Å²) in [7, 11) is 3.16. The predicted octanol–water partition coefficient (Wildman–Crippen LogP) is 3.84. The third-order valence-electron chi connectivity index (χ3n) is 3.54. The molecule has 4 heteroatoms. The Balaban J connectivity index is 2.03. The van der Waals surface area contributed by atoms with Gasteiger partial charge in [-0.3, -0.25) is 4.79 Å². The number of methoxy groups -OCH3 is 2. The molecule has 0 unspecified atom stereocenters. The smallest absolute Gasteiger partial charge is 0.225 e. The Morgan fingerprint density at radius 2 is 1.82 bits per heavy atom. The number of hydrogen-bond acceptors (Lipinski definition) is 3. The molecule has 2 aromatic rings. The minimum atomic E-state index is -0.0418. The van der Waals surface area contributed by atoms with E-state index >= 15 is 0 Å². The first-order valence-electron chi connectivity index (χ1n) is 7.21. The first-order chi connectivity index (χ1) is 10.6. The van der Waals surface area contributed by atoms with E-state index in [-0.39, 0.29) is 11.8 Å². The molecule has 0 aliphatic heterocycles. The van der Waals surface area contributed by atoms with Crippen LogP contribution in [0.5, 0.6) is 11.5 Å². The van der Waals surface area contributed by atoms with Crippen molar-refractivity contribution in [2.45, 2.75) is 19.3 Å².